The van der Waals surface area contributed by atoms with Crippen LogP contribution in [0.3, 0.4) is 0 Å². The lowest BCUT2D eigenvalue weighted by molar-refractivity contribution is -0.131. The number of hydrogen-bond donors (Lipinski definition) is 2. The highest BCUT2D eigenvalue weighted by molar-refractivity contribution is 5.81. The molecule has 0 saturated carbocycles. The molecule has 0 bridgehead atoms. The Hall–Kier alpha value is -0.650. The van der Waals surface area contributed by atoms with Crippen LogP contribution in [0, 0.1) is 5.92 Å². The fraction of sp³-hybridized carbons (Fsp3) is 0.929. The van der Waals surface area contributed by atoms with Crippen molar-refractivity contribution in [2.75, 3.05) is 32.7 Å². The first-order valence-electron chi connectivity index (χ1n) is 7.54. The van der Waals surface area contributed by atoms with E-state index in [2.05, 4.69) is 17.1 Å². The third-order valence-electron chi connectivity index (χ3n) is 4.27. The third-order valence-corrected chi connectivity index (χ3v) is 4.27. The summed E-state index contributed by atoms with van der Waals surface area (Å²) in [6.07, 6.45) is 4.04. The first-order chi connectivity index (χ1) is 9.19. The summed E-state index contributed by atoms with van der Waals surface area (Å²) in [7, 11) is 0. The van der Waals surface area contributed by atoms with Crippen LogP contribution in [-0.2, 0) is 9.53 Å². The number of carbonyl (C=O) groups is 1. The molecule has 3 N–H and O–H groups in total. The largest absolute Gasteiger partial charge is 0.364 e. The van der Waals surface area contributed by atoms with Crippen molar-refractivity contribution in [1.82, 2.24) is 10.2 Å². The molecule has 0 spiro atoms. The molecular formula is C14H27N3O2. The number of amides is 1. The molecule has 2 aliphatic heterocycles. The van der Waals surface area contributed by atoms with Gasteiger partial charge in [0.1, 0.15) is 6.10 Å². The van der Waals surface area contributed by atoms with E-state index in [0.29, 0.717) is 6.54 Å². The maximum atomic E-state index is 11.9. The van der Waals surface area contributed by atoms with Crippen LogP contribution < -0.4 is 11.1 Å². The number of piperidine rings is 1. The minimum absolute atomic E-state index is 0.0290. The Bertz CT molecular complexity index is 290. The standard InChI is InChI=1S/C14H27N3O2/c1-11-4-7-17(8-5-11)9-6-16-14(18)13-3-2-12(10-15)19-13/h11-13H,2-10,15H2,1H3,(H,16,18)/t12-,13+/m1/s1. The van der Waals surface area contributed by atoms with Gasteiger partial charge in [0.05, 0.1) is 6.10 Å². The highest BCUT2D eigenvalue weighted by Crippen LogP contribution is 2.19. The van der Waals surface area contributed by atoms with Crippen molar-refractivity contribution in [3.05, 3.63) is 0 Å². The number of hydrogen-bond acceptors (Lipinski definition) is 4. The molecule has 2 heterocycles. The minimum Gasteiger partial charge on any atom is -0.364 e. The van der Waals surface area contributed by atoms with Gasteiger partial charge in [-0.3, -0.25) is 4.79 Å². The second-order valence-corrected chi connectivity index (χ2v) is 5.87. The van der Waals surface area contributed by atoms with Crippen LogP contribution in [0.5, 0.6) is 0 Å². The fourth-order valence-electron chi connectivity index (χ4n) is 2.81. The number of nitrogens with two attached hydrogens (primary N) is 1. The molecule has 0 aromatic rings. The number of ether oxygens (including phenoxy) is 1. The molecule has 0 aromatic heterocycles. The summed E-state index contributed by atoms with van der Waals surface area (Å²) in [6.45, 7) is 6.81. The lowest BCUT2D eigenvalue weighted by atomic mass is 9.99. The zero-order valence-corrected chi connectivity index (χ0v) is 11.9. The van der Waals surface area contributed by atoms with Crippen LogP contribution in [0.2, 0.25) is 0 Å². The molecule has 0 aliphatic carbocycles. The zero-order chi connectivity index (χ0) is 13.7. The Morgan fingerprint density at radius 2 is 2.05 bits per heavy atom. The van der Waals surface area contributed by atoms with E-state index in [1.165, 1.54) is 12.8 Å². The predicted octanol–water partition coefficient (Wildman–Crippen LogP) is 0.341. The molecule has 2 aliphatic rings. The molecule has 0 aromatic carbocycles. The van der Waals surface area contributed by atoms with Crippen molar-refractivity contribution in [2.24, 2.45) is 11.7 Å². The molecule has 5 heteroatoms. The summed E-state index contributed by atoms with van der Waals surface area (Å²) >= 11 is 0. The summed E-state index contributed by atoms with van der Waals surface area (Å²) in [5, 5.41) is 2.98. The van der Waals surface area contributed by atoms with Gasteiger partial charge in [-0.1, -0.05) is 6.92 Å². The average Bonchev–Trinajstić information content (AvgIpc) is 2.90. The van der Waals surface area contributed by atoms with E-state index in [1.807, 2.05) is 0 Å². The van der Waals surface area contributed by atoms with Crippen molar-refractivity contribution in [3.8, 4) is 0 Å². The minimum atomic E-state index is -0.282. The maximum Gasteiger partial charge on any atom is 0.249 e. The van der Waals surface area contributed by atoms with Crippen molar-refractivity contribution in [2.45, 2.75) is 44.8 Å². The number of likely N-dealkylation sites (tertiary alicyclic amines) is 1. The van der Waals surface area contributed by atoms with Crippen LogP contribution in [0.25, 0.3) is 0 Å². The van der Waals surface area contributed by atoms with Gasteiger partial charge in [0.15, 0.2) is 0 Å². The van der Waals surface area contributed by atoms with Crippen LogP contribution in [0.4, 0.5) is 0 Å². The smallest absolute Gasteiger partial charge is 0.249 e. The molecule has 2 saturated heterocycles. The van der Waals surface area contributed by atoms with Crippen LogP contribution >= 0.6 is 0 Å². The average molecular weight is 269 g/mol. The molecule has 2 rings (SSSR count). The molecule has 5 nitrogen and oxygen atoms in total. The third kappa shape index (κ3) is 4.44. The van der Waals surface area contributed by atoms with Crippen LogP contribution in [0.15, 0.2) is 0 Å². The van der Waals surface area contributed by atoms with Crippen molar-refractivity contribution >= 4 is 5.91 Å². The molecule has 110 valence electrons. The lowest BCUT2D eigenvalue weighted by Gasteiger charge is -2.30. The molecule has 19 heavy (non-hydrogen) atoms. The van der Waals surface area contributed by atoms with E-state index < -0.39 is 0 Å². The quantitative estimate of drug-likeness (QED) is 0.755. The van der Waals surface area contributed by atoms with Gasteiger partial charge in [-0.2, -0.15) is 0 Å². The molecule has 2 atom stereocenters. The van der Waals surface area contributed by atoms with Gasteiger partial charge in [-0.25, -0.2) is 0 Å². The molecule has 1 amide bonds. The van der Waals surface area contributed by atoms with Crippen molar-refractivity contribution < 1.29 is 9.53 Å². The topological polar surface area (TPSA) is 67.6 Å². The second-order valence-electron chi connectivity index (χ2n) is 5.87. The van der Waals surface area contributed by atoms with Crippen LogP contribution in [0.1, 0.15) is 32.6 Å². The highest BCUT2D eigenvalue weighted by Gasteiger charge is 2.29. The van der Waals surface area contributed by atoms with Crippen molar-refractivity contribution in [1.29, 1.82) is 0 Å². The van der Waals surface area contributed by atoms with E-state index in [4.69, 9.17) is 10.5 Å². The maximum absolute atomic E-state index is 11.9. The summed E-state index contributed by atoms with van der Waals surface area (Å²) in [5.41, 5.74) is 5.54. The van der Waals surface area contributed by atoms with Gasteiger partial charge >= 0.3 is 0 Å². The monoisotopic (exact) mass is 269 g/mol. The Labute approximate surface area is 115 Å². The van der Waals surface area contributed by atoms with Crippen LogP contribution in [-0.4, -0.2) is 55.7 Å². The van der Waals surface area contributed by atoms with Gasteiger partial charge in [0.25, 0.3) is 0 Å². The first-order valence-corrected chi connectivity index (χ1v) is 7.54. The second kappa shape index (κ2) is 7.22. The van der Waals surface area contributed by atoms with Gasteiger partial charge in [0, 0.05) is 19.6 Å². The van der Waals surface area contributed by atoms with E-state index in [-0.39, 0.29) is 18.1 Å². The fourth-order valence-corrected chi connectivity index (χ4v) is 2.81. The number of carbonyl (C=O) groups excluding carboxylic acids is 1. The normalized spacial score (nSPS) is 29.6. The summed E-state index contributed by atoms with van der Waals surface area (Å²) in [4.78, 5) is 14.3. The Morgan fingerprint density at radius 1 is 1.32 bits per heavy atom. The van der Waals surface area contributed by atoms with Gasteiger partial charge in [-0.15, -0.1) is 0 Å². The van der Waals surface area contributed by atoms with Gasteiger partial charge in [-0.05, 0) is 44.7 Å². The predicted molar refractivity (Wildman–Crippen MR) is 74.8 cm³/mol. The van der Waals surface area contributed by atoms with E-state index in [9.17, 15) is 4.79 Å². The molecule has 2 fully saturated rings. The molecule has 0 radical (unpaired) electrons. The number of nitrogens with one attached hydrogen (secondary N) is 1. The summed E-state index contributed by atoms with van der Waals surface area (Å²) in [5.74, 6) is 0.882. The molecular weight excluding hydrogens is 242 g/mol. The van der Waals surface area contributed by atoms with Gasteiger partial charge < -0.3 is 20.7 Å². The Morgan fingerprint density at radius 3 is 2.68 bits per heavy atom. The SMILES string of the molecule is CC1CCN(CCNC(=O)[C@@H]2CC[C@H](CN)O2)CC1. The number of rotatable bonds is 5. The number of nitrogens with zero attached hydrogens (tertiary/aromatic N) is 1. The van der Waals surface area contributed by atoms with E-state index >= 15 is 0 Å². The first kappa shape index (κ1) is 14.8. The lowest BCUT2D eigenvalue weighted by Crippen LogP contribution is -2.42. The summed E-state index contributed by atoms with van der Waals surface area (Å²) in [6, 6.07) is 0. The summed E-state index contributed by atoms with van der Waals surface area (Å²) < 4.78 is 5.58. The van der Waals surface area contributed by atoms with E-state index in [0.717, 1.165) is 44.9 Å². The highest BCUT2D eigenvalue weighted by atomic mass is 16.5. The Balaban J connectivity index is 1.59. The van der Waals surface area contributed by atoms with Crippen molar-refractivity contribution in [3.63, 3.8) is 0 Å². The zero-order valence-electron chi connectivity index (χ0n) is 11.9. The Kier molecular flexibility index (Phi) is 5.60. The molecule has 0 unspecified atom stereocenters. The van der Waals surface area contributed by atoms with E-state index in [1.54, 1.807) is 0 Å². The van der Waals surface area contributed by atoms with Gasteiger partial charge in [0.2, 0.25) is 5.91 Å².